The van der Waals surface area contributed by atoms with E-state index >= 15 is 0 Å². The lowest BCUT2D eigenvalue weighted by molar-refractivity contribution is 1.29. The van der Waals surface area contributed by atoms with Gasteiger partial charge < -0.3 is 4.90 Å². The van der Waals surface area contributed by atoms with E-state index in [9.17, 15) is 0 Å². The summed E-state index contributed by atoms with van der Waals surface area (Å²) < 4.78 is 0. The van der Waals surface area contributed by atoms with Gasteiger partial charge in [-0.05, 0) is 108 Å². The topological polar surface area (TPSA) is 3.24 Å². The summed E-state index contributed by atoms with van der Waals surface area (Å²) in [6.45, 7) is 0. The molecule has 10 aromatic rings. The Balaban J connectivity index is 1.31. The van der Waals surface area contributed by atoms with Crippen molar-refractivity contribution in [2.45, 2.75) is 0 Å². The van der Waals surface area contributed by atoms with Crippen LogP contribution < -0.4 is 4.90 Å². The fourth-order valence-corrected chi connectivity index (χ4v) is 8.26. The van der Waals surface area contributed by atoms with Crippen molar-refractivity contribution < 1.29 is 0 Å². The van der Waals surface area contributed by atoms with Crippen molar-refractivity contribution in [3.63, 3.8) is 0 Å². The van der Waals surface area contributed by atoms with Crippen molar-refractivity contribution in [3.8, 4) is 44.5 Å². The molecule has 0 aromatic heterocycles. The molecule has 0 bridgehead atoms. The average Bonchev–Trinajstić information content (AvgIpc) is 3.27. The second kappa shape index (κ2) is 14.0. The first-order chi connectivity index (χ1) is 27.3. The molecule has 0 N–H and O–H groups in total. The molecule has 0 aliphatic carbocycles. The Hall–Kier alpha value is -7.22. The maximum Gasteiger partial charge on any atom is 0.0546 e. The first-order valence-electron chi connectivity index (χ1n) is 18.9. The molecule has 0 unspecified atom stereocenters. The minimum Gasteiger partial charge on any atom is -0.310 e. The van der Waals surface area contributed by atoms with Crippen LogP contribution in [0.3, 0.4) is 0 Å². The fraction of sp³-hybridized carbons (Fsp3) is 0. The highest BCUT2D eigenvalue weighted by Crippen LogP contribution is 2.50. The molecule has 55 heavy (non-hydrogen) atoms. The summed E-state index contributed by atoms with van der Waals surface area (Å²) in [7, 11) is 0. The molecule has 0 amide bonds. The monoisotopic (exact) mass is 699 g/mol. The van der Waals surface area contributed by atoms with Crippen molar-refractivity contribution in [1.82, 2.24) is 0 Å². The predicted molar refractivity (Wildman–Crippen MR) is 235 cm³/mol. The van der Waals surface area contributed by atoms with E-state index in [1.54, 1.807) is 0 Å². The van der Waals surface area contributed by atoms with Crippen LogP contribution in [0.1, 0.15) is 0 Å². The molecule has 10 aromatic carbocycles. The summed E-state index contributed by atoms with van der Waals surface area (Å²) in [6.07, 6.45) is 0. The second-order valence-corrected chi connectivity index (χ2v) is 14.1. The number of fused-ring (bicyclic) bond motifs is 4. The van der Waals surface area contributed by atoms with E-state index in [2.05, 4.69) is 229 Å². The number of hydrogen-bond acceptors (Lipinski definition) is 1. The molecule has 0 saturated carbocycles. The Morgan fingerprint density at radius 1 is 0.255 bits per heavy atom. The van der Waals surface area contributed by atoms with Gasteiger partial charge in [0.15, 0.2) is 0 Å². The molecule has 0 spiro atoms. The maximum absolute atomic E-state index is 2.45. The van der Waals surface area contributed by atoms with Gasteiger partial charge in [0.05, 0.1) is 5.69 Å². The Morgan fingerprint density at radius 2 is 0.800 bits per heavy atom. The smallest absolute Gasteiger partial charge is 0.0546 e. The molecule has 0 aliphatic rings. The third-order valence-corrected chi connectivity index (χ3v) is 10.8. The van der Waals surface area contributed by atoms with Crippen LogP contribution in [-0.4, -0.2) is 0 Å². The minimum absolute atomic E-state index is 1.09. The molecule has 0 radical (unpaired) electrons. The van der Waals surface area contributed by atoms with Crippen LogP contribution in [0.2, 0.25) is 0 Å². The molecular formula is C54H37N. The van der Waals surface area contributed by atoms with E-state index in [4.69, 9.17) is 0 Å². The van der Waals surface area contributed by atoms with E-state index in [1.807, 2.05) is 0 Å². The van der Waals surface area contributed by atoms with Crippen molar-refractivity contribution in [1.29, 1.82) is 0 Å². The van der Waals surface area contributed by atoms with Gasteiger partial charge in [-0.2, -0.15) is 0 Å². The average molecular weight is 700 g/mol. The zero-order valence-electron chi connectivity index (χ0n) is 30.3. The minimum atomic E-state index is 1.09. The Kier molecular flexibility index (Phi) is 8.24. The van der Waals surface area contributed by atoms with Crippen molar-refractivity contribution in [2.24, 2.45) is 0 Å². The van der Waals surface area contributed by atoms with E-state index in [0.29, 0.717) is 0 Å². The summed E-state index contributed by atoms with van der Waals surface area (Å²) in [6, 6.07) is 81.6. The molecular weight excluding hydrogens is 663 g/mol. The lowest BCUT2D eigenvalue weighted by atomic mass is 9.85. The Labute approximate surface area is 322 Å². The molecule has 0 saturated heterocycles. The third kappa shape index (κ3) is 5.93. The highest BCUT2D eigenvalue weighted by Gasteiger charge is 2.24. The van der Waals surface area contributed by atoms with Crippen LogP contribution >= 0.6 is 0 Å². The van der Waals surface area contributed by atoms with Gasteiger partial charge in [0.25, 0.3) is 0 Å². The Morgan fingerprint density at radius 3 is 1.56 bits per heavy atom. The molecule has 0 atom stereocenters. The highest BCUT2D eigenvalue weighted by atomic mass is 15.1. The summed E-state index contributed by atoms with van der Waals surface area (Å²) in [5.74, 6) is 0. The summed E-state index contributed by atoms with van der Waals surface area (Å²) in [5, 5.41) is 7.37. The zero-order valence-corrected chi connectivity index (χ0v) is 30.3. The third-order valence-electron chi connectivity index (χ3n) is 10.8. The van der Waals surface area contributed by atoms with Crippen LogP contribution in [0, 0.1) is 0 Å². The lowest BCUT2D eigenvalue weighted by Gasteiger charge is -2.30. The van der Waals surface area contributed by atoms with Gasteiger partial charge in [-0.25, -0.2) is 0 Å². The lowest BCUT2D eigenvalue weighted by Crippen LogP contribution is -2.12. The van der Waals surface area contributed by atoms with Crippen LogP contribution in [0.4, 0.5) is 17.1 Å². The molecule has 10 rings (SSSR count). The van der Waals surface area contributed by atoms with Gasteiger partial charge in [0.2, 0.25) is 0 Å². The summed E-state index contributed by atoms with van der Waals surface area (Å²) in [5.41, 5.74) is 12.9. The highest BCUT2D eigenvalue weighted by molar-refractivity contribution is 6.17. The van der Waals surface area contributed by atoms with Crippen molar-refractivity contribution in [2.75, 3.05) is 4.90 Å². The molecule has 1 nitrogen and oxygen atoms in total. The molecule has 0 fully saturated rings. The number of rotatable bonds is 7. The van der Waals surface area contributed by atoms with Gasteiger partial charge in [0, 0.05) is 16.9 Å². The van der Waals surface area contributed by atoms with Gasteiger partial charge in [-0.3, -0.25) is 0 Å². The largest absolute Gasteiger partial charge is 0.310 e. The number of nitrogens with zero attached hydrogens (tertiary/aromatic N) is 1. The summed E-state index contributed by atoms with van der Waals surface area (Å²) in [4.78, 5) is 2.45. The Bertz CT molecular complexity index is 2960. The van der Waals surface area contributed by atoms with E-state index in [-0.39, 0.29) is 0 Å². The van der Waals surface area contributed by atoms with Gasteiger partial charge in [-0.1, -0.05) is 188 Å². The van der Waals surface area contributed by atoms with Crippen LogP contribution in [-0.2, 0) is 0 Å². The standard InChI is InChI=1S/C54H37N/c1-3-16-38(17-4-1)40-30-33-44(34-31-40)55(45-35-32-39-18-7-8-21-42(39)36-45)53-29-15-28-51(49-26-12-11-23-46(49)41-19-5-2-6-20-41)54(53)52-37-43-22-9-10-24-47(43)48-25-13-14-27-50(48)52/h1-37H. The SMILES string of the molecule is c1ccc(-c2ccc(N(c3ccc4ccccc4c3)c3cccc(-c4ccccc4-c4ccccc4)c3-c3cc4ccccc4c4ccccc34)cc2)cc1. The van der Waals surface area contributed by atoms with Crippen LogP contribution in [0.5, 0.6) is 0 Å². The van der Waals surface area contributed by atoms with Crippen LogP contribution in [0.25, 0.3) is 76.8 Å². The van der Waals surface area contributed by atoms with E-state index < -0.39 is 0 Å². The number of hydrogen-bond donors (Lipinski definition) is 0. The predicted octanol–water partition coefficient (Wildman–Crippen LogP) is 15.3. The molecule has 0 aliphatic heterocycles. The fourth-order valence-electron chi connectivity index (χ4n) is 8.26. The molecule has 258 valence electrons. The van der Waals surface area contributed by atoms with Gasteiger partial charge in [-0.15, -0.1) is 0 Å². The maximum atomic E-state index is 2.45. The molecule has 0 heterocycles. The summed E-state index contributed by atoms with van der Waals surface area (Å²) >= 11 is 0. The second-order valence-electron chi connectivity index (χ2n) is 14.1. The first-order valence-corrected chi connectivity index (χ1v) is 18.9. The van der Waals surface area contributed by atoms with E-state index in [0.717, 1.165) is 17.1 Å². The first kappa shape index (κ1) is 32.4. The molecule has 1 heteroatoms. The normalized spacial score (nSPS) is 11.3. The zero-order chi connectivity index (χ0) is 36.6. The van der Waals surface area contributed by atoms with Crippen molar-refractivity contribution in [3.05, 3.63) is 224 Å². The van der Waals surface area contributed by atoms with Gasteiger partial charge >= 0.3 is 0 Å². The number of anilines is 3. The van der Waals surface area contributed by atoms with E-state index in [1.165, 1.54) is 76.8 Å². The quantitative estimate of drug-likeness (QED) is 0.150. The number of benzene rings is 10. The van der Waals surface area contributed by atoms with Crippen molar-refractivity contribution >= 4 is 49.4 Å². The van der Waals surface area contributed by atoms with Crippen LogP contribution in [0.15, 0.2) is 224 Å². The van der Waals surface area contributed by atoms with Gasteiger partial charge in [0.1, 0.15) is 0 Å².